The SMILES string of the molecule is C=CC1C=C(Br)C=C[C@H]1OC(C)C. The maximum Gasteiger partial charge on any atom is 0.0860 e. The Morgan fingerprint density at radius 1 is 1.62 bits per heavy atom. The van der Waals surface area contributed by atoms with Crippen LogP contribution in [0.1, 0.15) is 13.8 Å². The first kappa shape index (κ1) is 10.7. The van der Waals surface area contributed by atoms with Gasteiger partial charge in [-0.05, 0) is 19.9 Å². The second-order valence-corrected chi connectivity index (χ2v) is 4.29. The molecule has 0 aromatic rings. The van der Waals surface area contributed by atoms with E-state index in [4.69, 9.17) is 4.74 Å². The van der Waals surface area contributed by atoms with Crippen LogP contribution in [0.3, 0.4) is 0 Å². The molecule has 2 heteroatoms. The zero-order chi connectivity index (χ0) is 9.84. The molecule has 0 N–H and O–H groups in total. The molecule has 0 bridgehead atoms. The molecule has 2 atom stereocenters. The molecule has 0 aromatic carbocycles. The van der Waals surface area contributed by atoms with E-state index in [-0.39, 0.29) is 18.1 Å². The van der Waals surface area contributed by atoms with E-state index in [2.05, 4.69) is 34.7 Å². The molecule has 13 heavy (non-hydrogen) atoms. The van der Waals surface area contributed by atoms with Gasteiger partial charge in [-0.25, -0.2) is 0 Å². The molecule has 0 aliphatic heterocycles. The molecule has 0 saturated heterocycles. The molecule has 72 valence electrons. The van der Waals surface area contributed by atoms with Crippen molar-refractivity contribution >= 4 is 15.9 Å². The molecular formula is C11H15BrO. The number of halogens is 1. The zero-order valence-electron chi connectivity index (χ0n) is 8.03. The average Bonchev–Trinajstić information content (AvgIpc) is 2.07. The summed E-state index contributed by atoms with van der Waals surface area (Å²) in [4.78, 5) is 0. The van der Waals surface area contributed by atoms with Crippen molar-refractivity contribution in [2.75, 3.05) is 0 Å². The summed E-state index contributed by atoms with van der Waals surface area (Å²) in [5, 5.41) is 0. The normalized spacial score (nSPS) is 27.5. The summed E-state index contributed by atoms with van der Waals surface area (Å²) in [6.45, 7) is 7.88. The molecule has 0 saturated carbocycles. The van der Waals surface area contributed by atoms with Gasteiger partial charge < -0.3 is 4.74 Å². The van der Waals surface area contributed by atoms with E-state index in [1.807, 2.05) is 26.0 Å². The smallest absolute Gasteiger partial charge is 0.0860 e. The summed E-state index contributed by atoms with van der Waals surface area (Å²) < 4.78 is 6.82. The Kier molecular flexibility index (Phi) is 3.94. The first-order valence-electron chi connectivity index (χ1n) is 4.47. The van der Waals surface area contributed by atoms with Crippen LogP contribution >= 0.6 is 15.9 Å². The van der Waals surface area contributed by atoms with Crippen LogP contribution in [0.2, 0.25) is 0 Å². The third-order valence-corrected chi connectivity index (χ3v) is 2.41. The molecule has 1 aliphatic rings. The largest absolute Gasteiger partial charge is 0.371 e. The van der Waals surface area contributed by atoms with Gasteiger partial charge >= 0.3 is 0 Å². The van der Waals surface area contributed by atoms with Crippen LogP contribution in [0.5, 0.6) is 0 Å². The summed E-state index contributed by atoms with van der Waals surface area (Å²) in [5.74, 6) is 0.279. The van der Waals surface area contributed by atoms with Gasteiger partial charge in [-0.15, -0.1) is 6.58 Å². The highest BCUT2D eigenvalue weighted by molar-refractivity contribution is 9.11. The van der Waals surface area contributed by atoms with Crippen LogP contribution in [-0.2, 0) is 4.74 Å². The first-order valence-corrected chi connectivity index (χ1v) is 5.26. The molecule has 0 aromatic heterocycles. The van der Waals surface area contributed by atoms with Crippen LogP contribution in [0, 0.1) is 5.92 Å². The minimum absolute atomic E-state index is 0.138. The van der Waals surface area contributed by atoms with Crippen molar-refractivity contribution in [3.05, 3.63) is 35.4 Å². The fourth-order valence-corrected chi connectivity index (χ4v) is 1.76. The lowest BCUT2D eigenvalue weighted by atomic mass is 9.97. The summed E-state index contributed by atoms with van der Waals surface area (Å²) in [6, 6.07) is 0. The fraction of sp³-hybridized carbons (Fsp3) is 0.455. The molecular weight excluding hydrogens is 228 g/mol. The minimum Gasteiger partial charge on any atom is -0.371 e. The Bertz CT molecular complexity index is 240. The lowest BCUT2D eigenvalue weighted by molar-refractivity contribution is 0.0217. The second-order valence-electron chi connectivity index (χ2n) is 3.37. The third kappa shape index (κ3) is 3.12. The molecule has 0 spiro atoms. The highest BCUT2D eigenvalue weighted by Crippen LogP contribution is 2.24. The summed E-state index contributed by atoms with van der Waals surface area (Å²) in [6.07, 6.45) is 8.50. The number of allylic oxidation sites excluding steroid dienone is 2. The van der Waals surface area contributed by atoms with E-state index < -0.39 is 0 Å². The van der Waals surface area contributed by atoms with Crippen molar-refractivity contribution in [3.8, 4) is 0 Å². The lowest BCUT2D eigenvalue weighted by Gasteiger charge is -2.24. The first-order chi connectivity index (χ1) is 6.13. The van der Waals surface area contributed by atoms with Gasteiger partial charge in [-0.2, -0.15) is 0 Å². The second kappa shape index (κ2) is 4.77. The molecule has 1 unspecified atom stereocenters. The Morgan fingerprint density at radius 3 is 2.85 bits per heavy atom. The summed E-state index contributed by atoms with van der Waals surface area (Å²) in [5.41, 5.74) is 0. The van der Waals surface area contributed by atoms with E-state index >= 15 is 0 Å². The Morgan fingerprint density at radius 2 is 2.31 bits per heavy atom. The zero-order valence-corrected chi connectivity index (χ0v) is 9.62. The fourth-order valence-electron chi connectivity index (χ4n) is 1.30. The molecule has 0 radical (unpaired) electrons. The van der Waals surface area contributed by atoms with Crippen LogP contribution in [0.4, 0.5) is 0 Å². The quantitative estimate of drug-likeness (QED) is 0.690. The van der Waals surface area contributed by atoms with Crippen molar-refractivity contribution < 1.29 is 4.74 Å². The topological polar surface area (TPSA) is 9.23 Å². The number of ether oxygens (including phenoxy) is 1. The van der Waals surface area contributed by atoms with Crippen molar-refractivity contribution in [1.82, 2.24) is 0 Å². The third-order valence-electron chi connectivity index (χ3n) is 1.88. The maximum atomic E-state index is 5.72. The van der Waals surface area contributed by atoms with Gasteiger partial charge in [0, 0.05) is 10.4 Å². The highest BCUT2D eigenvalue weighted by Gasteiger charge is 2.18. The van der Waals surface area contributed by atoms with E-state index in [1.54, 1.807) is 0 Å². The summed E-state index contributed by atoms with van der Waals surface area (Å²) in [7, 11) is 0. The van der Waals surface area contributed by atoms with E-state index in [1.165, 1.54) is 0 Å². The van der Waals surface area contributed by atoms with Gasteiger partial charge in [0.15, 0.2) is 0 Å². The lowest BCUT2D eigenvalue weighted by Crippen LogP contribution is -2.24. The van der Waals surface area contributed by atoms with Gasteiger partial charge in [0.05, 0.1) is 12.2 Å². The van der Waals surface area contributed by atoms with E-state index in [9.17, 15) is 0 Å². The van der Waals surface area contributed by atoms with Gasteiger partial charge in [-0.3, -0.25) is 0 Å². The van der Waals surface area contributed by atoms with Gasteiger partial charge in [0.1, 0.15) is 0 Å². The minimum atomic E-state index is 0.138. The van der Waals surface area contributed by atoms with Crippen LogP contribution in [-0.4, -0.2) is 12.2 Å². The standard InChI is InChI=1S/C11H15BrO/c1-4-9-7-10(12)5-6-11(9)13-8(2)3/h4-9,11H,1H2,2-3H3/t9?,11-/m1/s1. The van der Waals surface area contributed by atoms with E-state index in [0.29, 0.717) is 0 Å². The molecule has 1 rings (SSSR count). The number of hydrogen-bond acceptors (Lipinski definition) is 1. The van der Waals surface area contributed by atoms with Crippen molar-refractivity contribution in [2.45, 2.75) is 26.1 Å². The Labute approximate surface area is 88.3 Å². The Balaban J connectivity index is 2.66. The molecule has 0 fully saturated rings. The van der Waals surface area contributed by atoms with Crippen LogP contribution < -0.4 is 0 Å². The van der Waals surface area contributed by atoms with Gasteiger partial charge in [0.25, 0.3) is 0 Å². The molecule has 0 amide bonds. The highest BCUT2D eigenvalue weighted by atomic mass is 79.9. The number of rotatable bonds is 3. The Hall–Kier alpha value is -0.340. The van der Waals surface area contributed by atoms with Crippen molar-refractivity contribution in [2.24, 2.45) is 5.92 Å². The predicted molar refractivity (Wildman–Crippen MR) is 59.8 cm³/mol. The average molecular weight is 243 g/mol. The molecule has 1 aliphatic carbocycles. The van der Waals surface area contributed by atoms with E-state index in [0.717, 1.165) is 4.48 Å². The predicted octanol–water partition coefficient (Wildman–Crippen LogP) is 3.43. The number of hydrogen-bond donors (Lipinski definition) is 0. The van der Waals surface area contributed by atoms with Crippen molar-refractivity contribution in [1.29, 1.82) is 0 Å². The van der Waals surface area contributed by atoms with Crippen molar-refractivity contribution in [3.63, 3.8) is 0 Å². The summed E-state index contributed by atoms with van der Waals surface area (Å²) >= 11 is 3.43. The molecule has 0 heterocycles. The van der Waals surface area contributed by atoms with Gasteiger partial charge in [-0.1, -0.05) is 34.2 Å². The van der Waals surface area contributed by atoms with Gasteiger partial charge in [0.2, 0.25) is 0 Å². The maximum absolute atomic E-state index is 5.72. The monoisotopic (exact) mass is 242 g/mol. The van der Waals surface area contributed by atoms with Crippen LogP contribution in [0.15, 0.2) is 35.4 Å². The molecule has 1 nitrogen and oxygen atoms in total. The van der Waals surface area contributed by atoms with Crippen LogP contribution in [0.25, 0.3) is 0 Å².